The molecule has 0 aliphatic carbocycles. The minimum Gasteiger partial charge on any atom is -0.496 e. The summed E-state index contributed by atoms with van der Waals surface area (Å²) in [5.41, 5.74) is 3.95. The second kappa shape index (κ2) is 11.4. The smallest absolute Gasteiger partial charge is 0.255 e. The average molecular weight is 487 g/mol. The lowest BCUT2D eigenvalue weighted by Crippen LogP contribution is -2.15. The predicted octanol–water partition coefficient (Wildman–Crippen LogP) is 5.00. The number of amides is 2. The van der Waals surface area contributed by atoms with Gasteiger partial charge in [-0.3, -0.25) is 9.59 Å². The van der Waals surface area contributed by atoms with E-state index in [1.54, 1.807) is 37.6 Å². The Balaban J connectivity index is 1.36. The Morgan fingerprint density at radius 3 is 2.40 bits per heavy atom. The number of nitrogens with zero attached hydrogens (tertiary/aromatic N) is 2. The van der Waals surface area contributed by atoms with Crippen LogP contribution in [0.25, 0.3) is 0 Å². The largest absolute Gasteiger partial charge is 0.496 e. The molecule has 8 heteroatoms. The summed E-state index contributed by atoms with van der Waals surface area (Å²) < 4.78 is 7.36. The Hall–Kier alpha value is -4.04. The molecule has 2 N–H and O–H groups in total. The van der Waals surface area contributed by atoms with Crippen LogP contribution in [0.2, 0.25) is 0 Å². The molecule has 3 aromatic carbocycles. The van der Waals surface area contributed by atoms with E-state index < -0.39 is 0 Å². The van der Waals surface area contributed by atoms with E-state index in [1.165, 1.54) is 11.8 Å². The van der Waals surface area contributed by atoms with Crippen LogP contribution in [0.3, 0.4) is 0 Å². The second-order valence-electron chi connectivity index (χ2n) is 7.88. The topological polar surface area (TPSA) is 85.2 Å². The monoisotopic (exact) mass is 486 g/mol. The number of benzene rings is 3. The van der Waals surface area contributed by atoms with Crippen molar-refractivity contribution in [2.45, 2.75) is 11.6 Å². The first kappa shape index (κ1) is 24.1. The van der Waals surface area contributed by atoms with Crippen molar-refractivity contribution in [3.8, 4) is 5.75 Å². The summed E-state index contributed by atoms with van der Waals surface area (Å²) in [6, 6.07) is 22.5. The van der Waals surface area contributed by atoms with Crippen molar-refractivity contribution in [3.63, 3.8) is 0 Å². The van der Waals surface area contributed by atoms with Gasteiger partial charge in [0.25, 0.3) is 5.91 Å². The lowest BCUT2D eigenvalue weighted by atomic mass is 10.0. The van der Waals surface area contributed by atoms with Gasteiger partial charge in [-0.15, -0.1) is 0 Å². The van der Waals surface area contributed by atoms with Gasteiger partial charge in [0, 0.05) is 48.4 Å². The number of hydrogen-bond donors (Lipinski definition) is 2. The standard InChI is InChI=1S/C27H26N4O3S/c1-31-15-14-28-27(31)35-18-25(32)29-22-10-8-20(9-11-22)26(33)30-23-12-13-24(34-2)21(17-23)16-19-6-4-3-5-7-19/h3-15,17H,16,18H2,1-2H3,(H,29,32)(H,30,33). The van der Waals surface area contributed by atoms with E-state index in [-0.39, 0.29) is 17.6 Å². The molecular weight excluding hydrogens is 460 g/mol. The number of aromatic nitrogens is 2. The highest BCUT2D eigenvalue weighted by Gasteiger charge is 2.11. The number of aryl methyl sites for hydroxylation is 1. The molecule has 0 saturated carbocycles. The van der Waals surface area contributed by atoms with Crippen molar-refractivity contribution in [2.75, 3.05) is 23.5 Å². The van der Waals surface area contributed by atoms with Crippen molar-refractivity contribution in [1.29, 1.82) is 0 Å². The number of methoxy groups -OCH3 is 1. The molecule has 0 atom stereocenters. The number of imidazole rings is 1. The fourth-order valence-electron chi connectivity index (χ4n) is 3.54. The molecule has 4 aromatic rings. The Morgan fingerprint density at radius 1 is 0.971 bits per heavy atom. The van der Waals surface area contributed by atoms with Gasteiger partial charge in [0.2, 0.25) is 5.91 Å². The Labute approximate surface area is 208 Å². The Bertz CT molecular complexity index is 1300. The van der Waals surface area contributed by atoms with Crippen LogP contribution in [-0.4, -0.2) is 34.2 Å². The van der Waals surface area contributed by atoms with Crippen LogP contribution < -0.4 is 15.4 Å². The zero-order valence-electron chi connectivity index (χ0n) is 19.5. The zero-order valence-corrected chi connectivity index (χ0v) is 20.3. The molecule has 1 heterocycles. The van der Waals surface area contributed by atoms with Crippen LogP contribution in [-0.2, 0) is 18.3 Å². The molecule has 1 aromatic heterocycles. The first-order valence-corrected chi connectivity index (χ1v) is 12.0. The predicted molar refractivity (Wildman–Crippen MR) is 139 cm³/mol. The Kier molecular flexibility index (Phi) is 7.84. The summed E-state index contributed by atoms with van der Waals surface area (Å²) in [5.74, 6) is 0.645. The fraction of sp³-hybridized carbons (Fsp3) is 0.148. The number of nitrogens with one attached hydrogen (secondary N) is 2. The van der Waals surface area contributed by atoms with Gasteiger partial charge in [0.1, 0.15) is 5.75 Å². The summed E-state index contributed by atoms with van der Waals surface area (Å²) in [4.78, 5) is 29.2. The molecule has 0 aliphatic rings. The van der Waals surface area contributed by atoms with Crippen molar-refractivity contribution in [1.82, 2.24) is 9.55 Å². The molecule has 0 radical (unpaired) electrons. The van der Waals surface area contributed by atoms with Crippen molar-refractivity contribution in [3.05, 3.63) is 102 Å². The van der Waals surface area contributed by atoms with Crippen LogP contribution in [0, 0.1) is 0 Å². The molecule has 178 valence electrons. The highest BCUT2D eigenvalue weighted by molar-refractivity contribution is 7.99. The van der Waals surface area contributed by atoms with E-state index in [4.69, 9.17) is 4.74 Å². The van der Waals surface area contributed by atoms with Gasteiger partial charge in [0.05, 0.1) is 12.9 Å². The maximum Gasteiger partial charge on any atom is 0.255 e. The minimum absolute atomic E-state index is 0.139. The molecule has 2 amide bonds. The molecular formula is C27H26N4O3S. The number of anilines is 2. The molecule has 0 saturated heterocycles. The lowest BCUT2D eigenvalue weighted by molar-refractivity contribution is -0.113. The Morgan fingerprint density at radius 2 is 1.71 bits per heavy atom. The van der Waals surface area contributed by atoms with E-state index in [2.05, 4.69) is 27.8 Å². The number of rotatable bonds is 9. The summed E-state index contributed by atoms with van der Waals surface area (Å²) in [6.45, 7) is 0. The van der Waals surface area contributed by atoms with E-state index in [0.717, 1.165) is 22.0 Å². The van der Waals surface area contributed by atoms with Crippen molar-refractivity contribution >= 4 is 35.0 Å². The number of thioether (sulfide) groups is 1. The molecule has 0 bridgehead atoms. The third kappa shape index (κ3) is 6.51. The van der Waals surface area contributed by atoms with Gasteiger partial charge in [-0.2, -0.15) is 0 Å². The average Bonchev–Trinajstić information content (AvgIpc) is 3.28. The number of ether oxygens (including phenoxy) is 1. The molecule has 0 spiro atoms. The van der Waals surface area contributed by atoms with E-state index >= 15 is 0 Å². The van der Waals surface area contributed by atoms with Gasteiger partial charge in [-0.05, 0) is 48.0 Å². The first-order valence-electron chi connectivity index (χ1n) is 11.0. The molecule has 35 heavy (non-hydrogen) atoms. The second-order valence-corrected chi connectivity index (χ2v) is 8.82. The van der Waals surface area contributed by atoms with Gasteiger partial charge < -0.3 is 19.9 Å². The zero-order chi connectivity index (χ0) is 24.6. The van der Waals surface area contributed by atoms with Gasteiger partial charge in [-0.1, -0.05) is 42.1 Å². The highest BCUT2D eigenvalue weighted by Crippen LogP contribution is 2.26. The maximum atomic E-state index is 12.8. The molecule has 0 unspecified atom stereocenters. The molecule has 7 nitrogen and oxygen atoms in total. The number of carbonyl (C=O) groups is 2. The third-order valence-electron chi connectivity index (χ3n) is 5.32. The van der Waals surface area contributed by atoms with E-state index in [1.807, 2.05) is 54.2 Å². The van der Waals surface area contributed by atoms with E-state index in [9.17, 15) is 9.59 Å². The van der Waals surface area contributed by atoms with Crippen LogP contribution in [0.4, 0.5) is 11.4 Å². The van der Waals surface area contributed by atoms with Gasteiger partial charge >= 0.3 is 0 Å². The van der Waals surface area contributed by atoms with Gasteiger partial charge in [-0.25, -0.2) is 4.98 Å². The highest BCUT2D eigenvalue weighted by atomic mass is 32.2. The SMILES string of the molecule is COc1ccc(NC(=O)c2ccc(NC(=O)CSc3nccn3C)cc2)cc1Cc1ccccc1. The molecule has 0 aliphatic heterocycles. The maximum absolute atomic E-state index is 12.8. The van der Waals surface area contributed by atoms with Crippen LogP contribution in [0.15, 0.2) is 90.3 Å². The minimum atomic E-state index is -0.232. The third-order valence-corrected chi connectivity index (χ3v) is 6.37. The first-order chi connectivity index (χ1) is 17.0. The lowest BCUT2D eigenvalue weighted by Gasteiger charge is -2.12. The molecule has 4 rings (SSSR count). The van der Waals surface area contributed by atoms with Crippen LogP contribution in [0.5, 0.6) is 5.75 Å². The van der Waals surface area contributed by atoms with Gasteiger partial charge in [0.15, 0.2) is 5.16 Å². The number of carbonyl (C=O) groups excluding carboxylic acids is 2. The summed E-state index contributed by atoms with van der Waals surface area (Å²) >= 11 is 1.36. The van der Waals surface area contributed by atoms with Crippen LogP contribution >= 0.6 is 11.8 Å². The summed E-state index contributed by atoms with van der Waals surface area (Å²) in [7, 11) is 3.52. The normalized spacial score (nSPS) is 10.6. The summed E-state index contributed by atoms with van der Waals surface area (Å²) in [5, 5.41) is 6.56. The number of hydrogen-bond acceptors (Lipinski definition) is 5. The summed E-state index contributed by atoms with van der Waals surface area (Å²) in [6.07, 6.45) is 4.22. The van der Waals surface area contributed by atoms with Crippen molar-refractivity contribution in [2.24, 2.45) is 7.05 Å². The van der Waals surface area contributed by atoms with Crippen LogP contribution in [0.1, 0.15) is 21.5 Å². The molecule has 0 fully saturated rings. The van der Waals surface area contributed by atoms with E-state index in [0.29, 0.717) is 23.4 Å². The quantitative estimate of drug-likeness (QED) is 0.325. The van der Waals surface area contributed by atoms with Crippen molar-refractivity contribution < 1.29 is 14.3 Å². The fourth-order valence-corrected chi connectivity index (χ4v) is 4.27.